The van der Waals surface area contributed by atoms with Gasteiger partial charge in [0.25, 0.3) is 0 Å². The van der Waals surface area contributed by atoms with E-state index in [1.165, 1.54) is 11.1 Å². The van der Waals surface area contributed by atoms with E-state index < -0.39 is 0 Å². The molecule has 0 fully saturated rings. The first kappa shape index (κ1) is 12.5. The van der Waals surface area contributed by atoms with Gasteiger partial charge in [0.15, 0.2) is 0 Å². The molecule has 0 saturated heterocycles. The van der Waals surface area contributed by atoms with Crippen LogP contribution in [-0.2, 0) is 0 Å². The summed E-state index contributed by atoms with van der Waals surface area (Å²) in [5, 5.41) is 0. The van der Waals surface area contributed by atoms with E-state index in [0.717, 1.165) is 12.8 Å². The maximum absolute atomic E-state index is 2.27. The van der Waals surface area contributed by atoms with Crippen LogP contribution in [0.3, 0.4) is 0 Å². The van der Waals surface area contributed by atoms with Gasteiger partial charge in [0.1, 0.15) is 0 Å². The Balaban J connectivity index is 2.54. The molecule has 0 radical (unpaired) electrons. The van der Waals surface area contributed by atoms with Crippen LogP contribution >= 0.6 is 0 Å². The summed E-state index contributed by atoms with van der Waals surface area (Å²) in [6, 6.07) is 10.3. The van der Waals surface area contributed by atoms with Crippen molar-refractivity contribution in [1.82, 2.24) is 0 Å². The van der Waals surface area contributed by atoms with Gasteiger partial charge in [-0.15, -0.1) is 0 Å². The smallest absolute Gasteiger partial charge is 0.0257 e. The highest BCUT2D eigenvalue weighted by molar-refractivity contribution is 5.50. The molecule has 0 spiro atoms. The molecule has 1 aromatic rings. The minimum Gasteiger partial charge on any atom is -0.0816 e. The van der Waals surface area contributed by atoms with E-state index in [1.54, 1.807) is 0 Å². The van der Waals surface area contributed by atoms with Gasteiger partial charge < -0.3 is 0 Å². The zero-order valence-corrected chi connectivity index (χ0v) is 10.2. The van der Waals surface area contributed by atoms with Crippen LogP contribution in [0, 0.1) is 0 Å². The molecule has 0 nitrogen and oxygen atoms in total. The fourth-order valence-electron chi connectivity index (χ4n) is 1.50. The molecule has 1 aromatic carbocycles. The Labute approximate surface area is 99.0 Å². The van der Waals surface area contributed by atoms with Gasteiger partial charge in [0.05, 0.1) is 0 Å². The van der Waals surface area contributed by atoms with Gasteiger partial charge in [-0.3, -0.25) is 0 Å². The summed E-state index contributed by atoms with van der Waals surface area (Å²) in [6.07, 6.45) is 13.0. The second kappa shape index (κ2) is 7.70. The Kier molecular flexibility index (Phi) is 6.02. The van der Waals surface area contributed by atoms with Crippen LogP contribution in [0.5, 0.6) is 0 Å². The first-order valence-corrected chi connectivity index (χ1v) is 5.95. The third-order valence-corrected chi connectivity index (χ3v) is 2.38. The lowest BCUT2D eigenvalue weighted by Gasteiger charge is -1.94. The lowest BCUT2D eigenvalue weighted by molar-refractivity contribution is 1.10. The van der Waals surface area contributed by atoms with Crippen molar-refractivity contribution in [2.75, 3.05) is 0 Å². The van der Waals surface area contributed by atoms with Gasteiger partial charge in [-0.25, -0.2) is 0 Å². The SMILES string of the molecule is CC/C=C(/C=C/C=C/c1ccccc1)CC. The minimum atomic E-state index is 1.10. The monoisotopic (exact) mass is 212 g/mol. The van der Waals surface area contributed by atoms with Crippen LogP contribution < -0.4 is 0 Å². The molecule has 16 heavy (non-hydrogen) atoms. The topological polar surface area (TPSA) is 0 Å². The van der Waals surface area contributed by atoms with Gasteiger partial charge in [-0.05, 0) is 18.4 Å². The Hall–Kier alpha value is -1.56. The van der Waals surface area contributed by atoms with Crippen molar-refractivity contribution in [2.45, 2.75) is 26.7 Å². The molecule has 0 amide bonds. The van der Waals surface area contributed by atoms with Crippen LogP contribution in [0.15, 0.2) is 60.2 Å². The Morgan fingerprint density at radius 1 is 1.06 bits per heavy atom. The summed E-state index contributed by atoms with van der Waals surface area (Å²) in [6.45, 7) is 4.36. The van der Waals surface area contributed by atoms with Crippen molar-refractivity contribution >= 4 is 6.08 Å². The van der Waals surface area contributed by atoms with Crippen molar-refractivity contribution in [3.05, 3.63) is 65.8 Å². The van der Waals surface area contributed by atoms with Crippen molar-refractivity contribution in [3.63, 3.8) is 0 Å². The highest BCUT2D eigenvalue weighted by Crippen LogP contribution is 2.05. The molecule has 0 aliphatic heterocycles. The van der Waals surface area contributed by atoms with E-state index in [-0.39, 0.29) is 0 Å². The van der Waals surface area contributed by atoms with Crippen molar-refractivity contribution < 1.29 is 0 Å². The van der Waals surface area contributed by atoms with E-state index in [0.29, 0.717) is 0 Å². The normalized spacial score (nSPS) is 12.8. The Morgan fingerprint density at radius 2 is 1.81 bits per heavy atom. The lowest BCUT2D eigenvalue weighted by Crippen LogP contribution is -1.73. The van der Waals surface area contributed by atoms with Crippen molar-refractivity contribution in [2.24, 2.45) is 0 Å². The number of allylic oxidation sites excluding steroid dienone is 5. The molecular formula is C16H20. The molecular weight excluding hydrogens is 192 g/mol. The van der Waals surface area contributed by atoms with Gasteiger partial charge in [0, 0.05) is 0 Å². The number of benzene rings is 1. The van der Waals surface area contributed by atoms with Crippen LogP contribution in [0.2, 0.25) is 0 Å². The van der Waals surface area contributed by atoms with E-state index in [4.69, 9.17) is 0 Å². The number of hydrogen-bond donors (Lipinski definition) is 0. The van der Waals surface area contributed by atoms with E-state index in [2.05, 4.69) is 68.5 Å². The van der Waals surface area contributed by atoms with Crippen molar-refractivity contribution in [3.8, 4) is 0 Å². The largest absolute Gasteiger partial charge is 0.0816 e. The molecule has 0 aliphatic rings. The molecule has 0 heterocycles. The summed E-state index contributed by atoms with van der Waals surface area (Å²) < 4.78 is 0. The fourth-order valence-corrected chi connectivity index (χ4v) is 1.50. The number of rotatable bonds is 5. The maximum atomic E-state index is 2.27. The molecule has 0 aromatic heterocycles. The third kappa shape index (κ3) is 4.79. The lowest BCUT2D eigenvalue weighted by atomic mass is 10.1. The second-order valence-electron chi connectivity index (χ2n) is 3.67. The van der Waals surface area contributed by atoms with Gasteiger partial charge >= 0.3 is 0 Å². The summed E-state index contributed by atoms with van der Waals surface area (Å²) in [5.74, 6) is 0. The Morgan fingerprint density at radius 3 is 2.44 bits per heavy atom. The zero-order valence-electron chi connectivity index (χ0n) is 10.2. The highest BCUT2D eigenvalue weighted by Gasteiger charge is 1.84. The minimum absolute atomic E-state index is 1.10. The van der Waals surface area contributed by atoms with Gasteiger partial charge in [0.2, 0.25) is 0 Å². The van der Waals surface area contributed by atoms with Gasteiger partial charge in [-0.1, -0.05) is 80.1 Å². The van der Waals surface area contributed by atoms with Crippen LogP contribution in [-0.4, -0.2) is 0 Å². The molecule has 0 saturated carbocycles. The average Bonchev–Trinajstić information content (AvgIpc) is 2.34. The second-order valence-corrected chi connectivity index (χ2v) is 3.67. The van der Waals surface area contributed by atoms with Crippen molar-refractivity contribution in [1.29, 1.82) is 0 Å². The molecule has 1 rings (SSSR count). The molecule has 0 atom stereocenters. The van der Waals surface area contributed by atoms with E-state index in [9.17, 15) is 0 Å². The molecule has 0 bridgehead atoms. The summed E-state index contributed by atoms with van der Waals surface area (Å²) in [5.41, 5.74) is 2.64. The third-order valence-electron chi connectivity index (χ3n) is 2.38. The van der Waals surface area contributed by atoms with Crippen LogP contribution in [0.25, 0.3) is 6.08 Å². The standard InChI is InChI=1S/C16H20/c1-3-10-15(4-2)11-8-9-14-16-12-6-5-7-13-16/h5-14H,3-4H2,1-2H3/b11-8+,14-9+,15-10+. The average molecular weight is 212 g/mol. The summed E-state index contributed by atoms with van der Waals surface area (Å²) in [7, 11) is 0. The van der Waals surface area contributed by atoms with Crippen LogP contribution in [0.1, 0.15) is 32.3 Å². The van der Waals surface area contributed by atoms with E-state index in [1.807, 2.05) is 6.07 Å². The molecule has 0 heteroatoms. The zero-order chi connectivity index (χ0) is 11.6. The Bertz CT molecular complexity index is 366. The van der Waals surface area contributed by atoms with Gasteiger partial charge in [-0.2, -0.15) is 0 Å². The first-order valence-electron chi connectivity index (χ1n) is 5.95. The maximum Gasteiger partial charge on any atom is -0.0257 e. The molecule has 84 valence electrons. The quantitative estimate of drug-likeness (QED) is 0.602. The highest BCUT2D eigenvalue weighted by atomic mass is 13.9. The van der Waals surface area contributed by atoms with Crippen LogP contribution in [0.4, 0.5) is 0 Å². The summed E-state index contributed by atoms with van der Waals surface area (Å²) in [4.78, 5) is 0. The molecule has 0 unspecified atom stereocenters. The fraction of sp³-hybridized carbons (Fsp3) is 0.250. The van der Waals surface area contributed by atoms with E-state index >= 15 is 0 Å². The first-order chi connectivity index (χ1) is 7.86. The predicted octanol–water partition coefficient (Wildman–Crippen LogP) is 5.00. The molecule has 0 N–H and O–H groups in total. The predicted molar refractivity (Wildman–Crippen MR) is 73.3 cm³/mol. The molecule has 0 aliphatic carbocycles. The summed E-state index contributed by atoms with van der Waals surface area (Å²) >= 11 is 0. The number of hydrogen-bond acceptors (Lipinski definition) is 0.